The van der Waals surface area contributed by atoms with E-state index in [9.17, 15) is 19.8 Å². The Morgan fingerprint density at radius 3 is 2.19 bits per heavy atom. The van der Waals surface area contributed by atoms with Gasteiger partial charge in [0.25, 0.3) is 0 Å². The highest BCUT2D eigenvalue weighted by Crippen LogP contribution is 2.56. The quantitative estimate of drug-likeness (QED) is 0.255. The summed E-state index contributed by atoms with van der Waals surface area (Å²) in [6.45, 7) is 9.66. The van der Waals surface area contributed by atoms with E-state index in [2.05, 4.69) is 13.0 Å². The summed E-state index contributed by atoms with van der Waals surface area (Å²) in [5, 5.41) is 22.0. The molecule has 8 aliphatic rings. The van der Waals surface area contributed by atoms with Gasteiger partial charge in [-0.3, -0.25) is 4.79 Å². The Labute approximate surface area is 340 Å². The van der Waals surface area contributed by atoms with Crippen LogP contribution in [0.25, 0.3) is 0 Å². The van der Waals surface area contributed by atoms with Crippen LogP contribution in [0.4, 0.5) is 0 Å². The van der Waals surface area contributed by atoms with Gasteiger partial charge in [0.05, 0.1) is 55.1 Å². The summed E-state index contributed by atoms with van der Waals surface area (Å²) >= 11 is 0. The highest BCUT2D eigenvalue weighted by Gasteiger charge is 2.61. The Kier molecular flexibility index (Phi) is 12.2. The van der Waals surface area contributed by atoms with Crippen LogP contribution in [-0.4, -0.2) is 148 Å². The third kappa shape index (κ3) is 7.61. The average molecular weight is 823 g/mol. The molecule has 0 amide bonds. The van der Waals surface area contributed by atoms with E-state index in [4.69, 9.17) is 56.8 Å². The highest BCUT2D eigenvalue weighted by atomic mass is 16.8. The van der Waals surface area contributed by atoms with Gasteiger partial charge in [-0.2, -0.15) is 0 Å². The van der Waals surface area contributed by atoms with Gasteiger partial charge < -0.3 is 67.1 Å². The Morgan fingerprint density at radius 1 is 0.776 bits per heavy atom. The predicted molar refractivity (Wildman–Crippen MR) is 199 cm³/mol. The van der Waals surface area contributed by atoms with Crippen LogP contribution in [0.15, 0.2) is 23.3 Å². The highest BCUT2D eigenvalue weighted by molar-refractivity contribution is 5.92. The summed E-state index contributed by atoms with van der Waals surface area (Å²) in [6, 6.07) is 0. The van der Waals surface area contributed by atoms with Gasteiger partial charge in [-0.05, 0) is 64.2 Å². The molecule has 1 saturated carbocycles. The van der Waals surface area contributed by atoms with Gasteiger partial charge in [-0.1, -0.05) is 24.6 Å². The number of fused-ring (bicyclic) bond motifs is 3. The van der Waals surface area contributed by atoms with Gasteiger partial charge >= 0.3 is 11.9 Å². The molecule has 16 nitrogen and oxygen atoms in total. The van der Waals surface area contributed by atoms with Crippen LogP contribution in [-0.2, 0) is 66.4 Å². The Balaban J connectivity index is 0.889. The Morgan fingerprint density at radius 2 is 1.47 bits per heavy atom. The molecule has 0 bridgehead atoms. The first-order chi connectivity index (χ1) is 27.7. The zero-order valence-electron chi connectivity index (χ0n) is 34.8. The molecule has 6 aliphatic heterocycles. The standard InChI is InChI=1S/C42H62O16/c1-19-33(43)27(47-6)16-30(51-19)56-35-20(2)52-31(17-28(35)48-7)57-36-21(3)53-40(34(44)37(36)49-8)54-23-13-14-41(4)22(15-23)9-10-24-26(41)12-11-25-32-29(55-38(24)45)18-50-42(32,5)58-39(25)46/h9,11,19-21,23-24,26-37,40,43-44H,10,12-18H2,1-8H3/b25-11+/t19-,20+,21-,23?,24?,26?,27+,28+,29?,30+,31+,32?,33-,34-,35+,36-,37-,40+,41?,42-/m1/s1. The minimum atomic E-state index is -1.16. The van der Waals surface area contributed by atoms with Gasteiger partial charge in [-0.15, -0.1) is 0 Å². The van der Waals surface area contributed by atoms with Crippen LogP contribution >= 0.6 is 0 Å². The number of carbonyl (C=O) groups is 2. The fourth-order valence-corrected chi connectivity index (χ4v) is 11.1. The molecule has 8 rings (SSSR count). The number of esters is 2. The van der Waals surface area contributed by atoms with Crippen molar-refractivity contribution in [2.45, 2.75) is 177 Å². The van der Waals surface area contributed by atoms with E-state index in [1.54, 1.807) is 28.1 Å². The molecule has 326 valence electrons. The lowest BCUT2D eigenvalue weighted by Gasteiger charge is -2.51. The molecule has 6 unspecified atom stereocenters. The van der Waals surface area contributed by atoms with Crippen LogP contribution in [0.2, 0.25) is 0 Å². The lowest BCUT2D eigenvalue weighted by atomic mass is 9.55. The Bertz CT molecular complexity index is 1590. The van der Waals surface area contributed by atoms with Crippen molar-refractivity contribution >= 4 is 11.9 Å². The number of allylic oxidation sites excluding steroid dienone is 2. The molecule has 58 heavy (non-hydrogen) atoms. The number of aliphatic hydroxyl groups excluding tert-OH is 2. The maximum absolute atomic E-state index is 13.7. The third-order valence-electron chi connectivity index (χ3n) is 14.4. The molecule has 16 heteroatoms. The molecular formula is C42H62O16. The zero-order chi connectivity index (χ0) is 41.3. The molecule has 2 N–H and O–H groups in total. The fourth-order valence-electron chi connectivity index (χ4n) is 11.1. The van der Waals surface area contributed by atoms with E-state index >= 15 is 0 Å². The molecule has 2 aliphatic carbocycles. The van der Waals surface area contributed by atoms with Crippen LogP contribution in [0.5, 0.6) is 0 Å². The normalized spacial score (nSPS) is 51.4. The molecule has 0 aromatic heterocycles. The van der Waals surface area contributed by atoms with Crippen LogP contribution in [0, 0.1) is 23.2 Å². The summed E-state index contributed by atoms with van der Waals surface area (Å²) in [7, 11) is 4.70. The van der Waals surface area contributed by atoms with E-state index in [0.29, 0.717) is 44.1 Å². The molecule has 6 fully saturated rings. The van der Waals surface area contributed by atoms with E-state index in [-0.39, 0.29) is 35.9 Å². The first-order valence-electron chi connectivity index (χ1n) is 21.0. The number of ether oxygens (including phenoxy) is 12. The van der Waals surface area contributed by atoms with E-state index in [1.807, 2.05) is 19.9 Å². The lowest BCUT2D eigenvalue weighted by Crippen LogP contribution is -2.61. The number of hydrogen-bond donors (Lipinski definition) is 2. The second-order valence-corrected chi connectivity index (χ2v) is 17.8. The van der Waals surface area contributed by atoms with Crippen molar-refractivity contribution in [3.63, 3.8) is 0 Å². The number of aliphatic hydroxyl groups is 2. The molecule has 5 saturated heterocycles. The van der Waals surface area contributed by atoms with Crippen molar-refractivity contribution in [1.82, 2.24) is 0 Å². The number of rotatable bonds is 9. The van der Waals surface area contributed by atoms with Crippen molar-refractivity contribution in [3.8, 4) is 0 Å². The van der Waals surface area contributed by atoms with Crippen LogP contribution in [0.3, 0.4) is 0 Å². The SMILES string of the molecule is CO[C@@H]1[C@@H](O)[C@H](OC2CCC3(C)C(=CCC4C(=O)OC5CO[C@]6(C)OC(=O)/C(=C/CC43)C56)C2)O[C@H](C)[C@H]1O[C@H]1C[C@H](OC)[C@@H](O[C@H]2C[C@H](OC)[C@H](O)[C@@H](C)O2)[C@H](C)O1. The molecule has 0 aromatic carbocycles. The topological polar surface area (TPSA) is 185 Å². The van der Waals surface area contributed by atoms with Crippen molar-refractivity contribution in [2.24, 2.45) is 23.2 Å². The molecular weight excluding hydrogens is 760 g/mol. The van der Waals surface area contributed by atoms with E-state index in [0.717, 1.165) is 6.42 Å². The molecule has 6 heterocycles. The van der Waals surface area contributed by atoms with E-state index < -0.39 is 104 Å². The predicted octanol–water partition coefficient (Wildman–Crippen LogP) is 2.84. The lowest BCUT2D eigenvalue weighted by molar-refractivity contribution is -0.353. The minimum absolute atomic E-state index is 0.0780. The van der Waals surface area contributed by atoms with Crippen molar-refractivity contribution < 1.29 is 76.6 Å². The third-order valence-corrected chi connectivity index (χ3v) is 14.4. The van der Waals surface area contributed by atoms with Crippen molar-refractivity contribution in [3.05, 3.63) is 23.3 Å². The fraction of sp³-hybridized carbons (Fsp3) is 0.857. The first-order valence-corrected chi connectivity index (χ1v) is 21.0. The smallest absolute Gasteiger partial charge is 0.336 e. The summed E-state index contributed by atoms with van der Waals surface area (Å²) in [4.78, 5) is 26.7. The second kappa shape index (κ2) is 16.7. The summed E-state index contributed by atoms with van der Waals surface area (Å²) in [6.07, 6.45) is -1.34. The molecule has 0 spiro atoms. The monoisotopic (exact) mass is 822 g/mol. The zero-order valence-corrected chi connectivity index (χ0v) is 34.8. The maximum Gasteiger partial charge on any atom is 0.336 e. The van der Waals surface area contributed by atoms with Gasteiger partial charge in [0.2, 0.25) is 5.79 Å². The first kappa shape index (κ1) is 42.6. The second-order valence-electron chi connectivity index (χ2n) is 17.8. The maximum atomic E-state index is 13.7. The number of carbonyl (C=O) groups excluding carboxylic acids is 2. The number of hydrogen-bond acceptors (Lipinski definition) is 16. The van der Waals surface area contributed by atoms with Crippen LogP contribution < -0.4 is 0 Å². The summed E-state index contributed by atoms with van der Waals surface area (Å²) in [5.41, 5.74) is 1.40. The van der Waals surface area contributed by atoms with Crippen molar-refractivity contribution in [1.29, 1.82) is 0 Å². The van der Waals surface area contributed by atoms with Gasteiger partial charge in [0.15, 0.2) is 18.9 Å². The van der Waals surface area contributed by atoms with Crippen molar-refractivity contribution in [2.75, 3.05) is 27.9 Å². The largest absolute Gasteiger partial charge is 0.459 e. The summed E-state index contributed by atoms with van der Waals surface area (Å²) in [5.74, 6) is -2.67. The Hall–Kier alpha value is -2.06. The van der Waals surface area contributed by atoms with E-state index in [1.165, 1.54) is 12.7 Å². The van der Waals surface area contributed by atoms with Gasteiger partial charge in [0, 0.05) is 46.7 Å². The van der Waals surface area contributed by atoms with Crippen LogP contribution in [0.1, 0.15) is 79.6 Å². The summed E-state index contributed by atoms with van der Waals surface area (Å²) < 4.78 is 72.7. The van der Waals surface area contributed by atoms with Gasteiger partial charge in [0.1, 0.15) is 36.6 Å². The minimum Gasteiger partial charge on any atom is -0.459 e. The molecule has 20 atom stereocenters. The van der Waals surface area contributed by atoms with Gasteiger partial charge in [-0.25, -0.2) is 4.79 Å². The molecule has 0 radical (unpaired) electrons. The number of methoxy groups -OCH3 is 3. The average Bonchev–Trinajstić information content (AvgIpc) is 3.65. The molecule has 0 aromatic rings.